The highest BCUT2D eigenvalue weighted by molar-refractivity contribution is 7.13. The third-order valence-electron chi connectivity index (χ3n) is 2.69. The molecule has 3 aromatic heterocycles. The Morgan fingerprint density at radius 3 is 2.85 bits per heavy atom. The van der Waals surface area contributed by atoms with Crippen molar-refractivity contribution < 1.29 is 9.59 Å². The van der Waals surface area contributed by atoms with Gasteiger partial charge in [-0.2, -0.15) is 5.21 Å². The summed E-state index contributed by atoms with van der Waals surface area (Å²) in [6.07, 6.45) is -0.0151. The Bertz CT molecular complexity index is 730. The number of hydrogen-bond donors (Lipinski definition) is 2. The SMILES string of the molecule is O=C(Cc1ccc(-c2cccs2)[nH]1)C(=O)c1nn[nH]n1. The lowest BCUT2D eigenvalue weighted by Gasteiger charge is -1.95. The van der Waals surface area contributed by atoms with Gasteiger partial charge in [-0.3, -0.25) is 9.59 Å². The summed E-state index contributed by atoms with van der Waals surface area (Å²) in [7, 11) is 0. The fraction of sp³-hybridized carbons (Fsp3) is 0.0833. The van der Waals surface area contributed by atoms with E-state index in [4.69, 9.17) is 0 Å². The Labute approximate surface area is 117 Å². The van der Waals surface area contributed by atoms with Crippen LogP contribution in [0.2, 0.25) is 0 Å². The molecule has 0 bridgehead atoms. The summed E-state index contributed by atoms with van der Waals surface area (Å²) in [6.45, 7) is 0. The Morgan fingerprint density at radius 1 is 1.25 bits per heavy atom. The molecule has 0 aliphatic rings. The molecule has 3 aromatic rings. The molecular formula is C12H9N5O2S. The first kappa shape index (κ1) is 12.4. The van der Waals surface area contributed by atoms with Crippen molar-refractivity contribution in [3.8, 4) is 10.6 Å². The maximum atomic E-state index is 11.8. The predicted molar refractivity (Wildman–Crippen MR) is 71.3 cm³/mol. The van der Waals surface area contributed by atoms with Crippen LogP contribution in [0.3, 0.4) is 0 Å². The third kappa shape index (κ3) is 2.41. The maximum Gasteiger partial charge on any atom is 0.269 e. The Balaban J connectivity index is 1.72. The molecule has 7 nitrogen and oxygen atoms in total. The summed E-state index contributed by atoms with van der Waals surface area (Å²) in [5.41, 5.74) is 1.60. The van der Waals surface area contributed by atoms with E-state index in [0.29, 0.717) is 5.69 Å². The van der Waals surface area contributed by atoms with Crippen LogP contribution in [0.15, 0.2) is 29.6 Å². The topological polar surface area (TPSA) is 104 Å². The number of thiophene rings is 1. The van der Waals surface area contributed by atoms with Gasteiger partial charge in [-0.1, -0.05) is 6.07 Å². The van der Waals surface area contributed by atoms with Gasteiger partial charge in [-0.05, 0) is 28.8 Å². The summed E-state index contributed by atoms with van der Waals surface area (Å²) < 4.78 is 0. The highest BCUT2D eigenvalue weighted by Gasteiger charge is 2.21. The number of H-pyrrole nitrogens is 2. The molecule has 0 saturated carbocycles. The van der Waals surface area contributed by atoms with E-state index in [1.54, 1.807) is 17.4 Å². The lowest BCUT2D eigenvalue weighted by molar-refractivity contribution is -0.114. The molecule has 0 amide bonds. The average Bonchev–Trinajstić information content (AvgIpc) is 3.19. The number of tetrazole rings is 1. The minimum Gasteiger partial charge on any atom is -0.357 e. The maximum absolute atomic E-state index is 11.8. The fourth-order valence-corrected chi connectivity index (χ4v) is 2.46. The number of rotatable bonds is 5. The Kier molecular flexibility index (Phi) is 3.21. The monoisotopic (exact) mass is 287 g/mol. The predicted octanol–water partition coefficient (Wildman–Crippen LogP) is 1.25. The second-order valence-electron chi connectivity index (χ2n) is 4.04. The normalized spacial score (nSPS) is 10.6. The number of ketones is 2. The number of nitrogens with zero attached hydrogens (tertiary/aromatic N) is 3. The van der Waals surface area contributed by atoms with E-state index in [2.05, 4.69) is 25.6 Å². The number of nitrogens with one attached hydrogen (secondary N) is 2. The van der Waals surface area contributed by atoms with E-state index in [1.807, 2.05) is 23.6 Å². The van der Waals surface area contributed by atoms with Crippen molar-refractivity contribution in [3.05, 3.63) is 41.2 Å². The van der Waals surface area contributed by atoms with Crippen LogP contribution in [0.5, 0.6) is 0 Å². The zero-order valence-electron chi connectivity index (χ0n) is 10.2. The molecule has 20 heavy (non-hydrogen) atoms. The minimum absolute atomic E-state index is 0.0151. The van der Waals surface area contributed by atoms with Crippen LogP contribution in [0.1, 0.15) is 16.3 Å². The van der Waals surface area contributed by atoms with Gasteiger partial charge in [0.1, 0.15) is 0 Å². The summed E-state index contributed by atoms with van der Waals surface area (Å²) in [6, 6.07) is 7.60. The third-order valence-corrected chi connectivity index (χ3v) is 3.59. The zero-order valence-corrected chi connectivity index (χ0v) is 11.0. The average molecular weight is 287 g/mol. The van der Waals surface area contributed by atoms with E-state index < -0.39 is 11.6 Å². The van der Waals surface area contributed by atoms with E-state index >= 15 is 0 Å². The molecule has 0 spiro atoms. The lowest BCUT2D eigenvalue weighted by Crippen LogP contribution is -2.18. The van der Waals surface area contributed by atoms with E-state index in [0.717, 1.165) is 10.6 Å². The molecule has 0 radical (unpaired) electrons. The van der Waals surface area contributed by atoms with Gasteiger partial charge < -0.3 is 4.98 Å². The van der Waals surface area contributed by atoms with Crippen LogP contribution >= 0.6 is 11.3 Å². The number of hydrogen-bond acceptors (Lipinski definition) is 6. The number of aromatic amines is 2. The number of carbonyl (C=O) groups is 2. The van der Waals surface area contributed by atoms with Gasteiger partial charge in [0, 0.05) is 5.69 Å². The fourth-order valence-electron chi connectivity index (χ4n) is 1.75. The molecule has 8 heteroatoms. The van der Waals surface area contributed by atoms with Gasteiger partial charge in [-0.15, -0.1) is 21.5 Å². The van der Waals surface area contributed by atoms with Crippen LogP contribution in [0.4, 0.5) is 0 Å². The van der Waals surface area contributed by atoms with Gasteiger partial charge in [0.2, 0.25) is 11.6 Å². The molecule has 0 aliphatic carbocycles. The summed E-state index contributed by atoms with van der Waals surface area (Å²) >= 11 is 1.60. The van der Waals surface area contributed by atoms with Gasteiger partial charge in [-0.25, -0.2) is 0 Å². The number of carbonyl (C=O) groups excluding carboxylic acids is 2. The molecule has 0 saturated heterocycles. The molecule has 100 valence electrons. The number of aromatic nitrogens is 5. The Morgan fingerprint density at radius 2 is 2.15 bits per heavy atom. The van der Waals surface area contributed by atoms with E-state index in [9.17, 15) is 9.59 Å². The van der Waals surface area contributed by atoms with Crippen LogP contribution in [-0.4, -0.2) is 37.2 Å². The molecule has 3 rings (SSSR count). The van der Waals surface area contributed by atoms with Crippen LogP contribution in [-0.2, 0) is 11.2 Å². The van der Waals surface area contributed by atoms with Gasteiger partial charge in [0.25, 0.3) is 5.78 Å². The van der Waals surface area contributed by atoms with Crippen molar-refractivity contribution in [2.24, 2.45) is 0 Å². The summed E-state index contributed by atoms with van der Waals surface area (Å²) in [5.74, 6) is -1.53. The minimum atomic E-state index is -0.744. The van der Waals surface area contributed by atoms with Gasteiger partial charge in [0.15, 0.2) is 0 Å². The smallest absolute Gasteiger partial charge is 0.269 e. The van der Waals surface area contributed by atoms with Crippen molar-refractivity contribution in [2.45, 2.75) is 6.42 Å². The summed E-state index contributed by atoms with van der Waals surface area (Å²) in [4.78, 5) is 27.7. The standard InChI is InChI=1S/C12H9N5O2S/c18-9(11(19)12-14-16-17-15-12)6-7-3-4-8(13-7)10-2-1-5-20-10/h1-5,13H,6H2,(H,14,15,16,17). The zero-order chi connectivity index (χ0) is 13.9. The molecule has 0 fully saturated rings. The number of Topliss-reactive ketones (excluding diaryl/α,β-unsaturated/α-hetero) is 2. The molecule has 0 aliphatic heterocycles. The first-order valence-corrected chi connectivity index (χ1v) is 6.65. The highest BCUT2D eigenvalue weighted by Crippen LogP contribution is 2.23. The van der Waals surface area contributed by atoms with Crippen LogP contribution < -0.4 is 0 Å². The molecule has 0 unspecified atom stereocenters. The largest absolute Gasteiger partial charge is 0.357 e. The molecule has 2 N–H and O–H groups in total. The highest BCUT2D eigenvalue weighted by atomic mass is 32.1. The van der Waals surface area contributed by atoms with Crippen molar-refractivity contribution >= 4 is 22.9 Å². The van der Waals surface area contributed by atoms with Gasteiger partial charge in [0.05, 0.1) is 17.0 Å². The second-order valence-corrected chi connectivity index (χ2v) is 4.99. The van der Waals surface area contributed by atoms with Crippen LogP contribution in [0, 0.1) is 0 Å². The molecule has 0 aromatic carbocycles. The van der Waals surface area contributed by atoms with E-state index in [-0.39, 0.29) is 12.2 Å². The van der Waals surface area contributed by atoms with Crippen LogP contribution in [0.25, 0.3) is 10.6 Å². The van der Waals surface area contributed by atoms with Crippen molar-refractivity contribution in [1.29, 1.82) is 0 Å². The first-order valence-electron chi connectivity index (χ1n) is 5.77. The summed E-state index contributed by atoms with van der Waals surface area (Å²) in [5, 5.41) is 14.4. The molecule has 0 atom stereocenters. The first-order chi connectivity index (χ1) is 9.74. The quantitative estimate of drug-likeness (QED) is 0.543. The van der Waals surface area contributed by atoms with Crippen molar-refractivity contribution in [2.75, 3.05) is 0 Å². The Hall–Kier alpha value is -2.61. The van der Waals surface area contributed by atoms with Crippen molar-refractivity contribution in [1.82, 2.24) is 25.6 Å². The molecule has 3 heterocycles. The second kappa shape index (κ2) is 5.17. The van der Waals surface area contributed by atoms with Crippen molar-refractivity contribution in [3.63, 3.8) is 0 Å². The molecular weight excluding hydrogens is 278 g/mol. The lowest BCUT2D eigenvalue weighted by atomic mass is 10.1. The van der Waals surface area contributed by atoms with E-state index in [1.165, 1.54) is 0 Å². The van der Waals surface area contributed by atoms with Gasteiger partial charge >= 0.3 is 0 Å².